The topological polar surface area (TPSA) is 75.3 Å². The maximum atomic E-state index is 13.9. The van der Waals surface area contributed by atoms with Gasteiger partial charge in [-0.15, -0.1) is 0 Å². The summed E-state index contributed by atoms with van der Waals surface area (Å²) in [5.41, 5.74) is 0.221. The first-order valence-electron chi connectivity index (χ1n) is 8.82. The average molecular weight is 434 g/mol. The predicted octanol–water partition coefficient (Wildman–Crippen LogP) is 3.63. The molecular weight excluding hydrogens is 417 g/mol. The van der Waals surface area contributed by atoms with E-state index in [2.05, 4.69) is 10.0 Å². The Labute approximate surface area is 171 Å². The van der Waals surface area contributed by atoms with Gasteiger partial charge in [0.15, 0.2) is 0 Å². The molecule has 156 valence electrons. The highest BCUT2D eigenvalue weighted by molar-refractivity contribution is 7.89. The van der Waals surface area contributed by atoms with Crippen LogP contribution in [0.2, 0.25) is 0 Å². The van der Waals surface area contributed by atoms with Gasteiger partial charge in [0.2, 0.25) is 15.9 Å². The quantitative estimate of drug-likeness (QED) is 0.596. The number of benzene rings is 3. The molecular formula is C21H17F3N2O3S. The molecule has 0 saturated heterocycles. The third-order valence-electron chi connectivity index (χ3n) is 4.21. The minimum atomic E-state index is -4.20. The average Bonchev–Trinajstić information content (AvgIpc) is 2.71. The first kappa shape index (κ1) is 21.5. The monoisotopic (exact) mass is 434 g/mol. The molecule has 0 bridgehead atoms. The largest absolute Gasteiger partial charge is 0.322 e. The van der Waals surface area contributed by atoms with Crippen LogP contribution in [-0.4, -0.2) is 20.4 Å². The van der Waals surface area contributed by atoms with Crippen molar-refractivity contribution in [3.63, 3.8) is 0 Å². The van der Waals surface area contributed by atoms with E-state index in [1.807, 2.05) is 0 Å². The van der Waals surface area contributed by atoms with Crippen molar-refractivity contribution in [1.82, 2.24) is 4.72 Å². The summed E-state index contributed by atoms with van der Waals surface area (Å²) in [5.74, 6) is -3.13. The first-order chi connectivity index (χ1) is 14.2. The molecule has 3 aromatic rings. The van der Waals surface area contributed by atoms with Crippen LogP contribution in [0.4, 0.5) is 18.9 Å². The smallest absolute Gasteiger partial charge is 0.242 e. The van der Waals surface area contributed by atoms with Gasteiger partial charge in [0.1, 0.15) is 23.5 Å². The summed E-state index contributed by atoms with van der Waals surface area (Å²) in [6, 6.07) is 13.8. The van der Waals surface area contributed by atoms with Crippen molar-refractivity contribution in [3.8, 4) is 0 Å². The van der Waals surface area contributed by atoms with Crippen LogP contribution in [0.3, 0.4) is 0 Å². The first-order valence-corrected chi connectivity index (χ1v) is 10.3. The lowest BCUT2D eigenvalue weighted by Crippen LogP contribution is -2.45. The second-order valence-corrected chi connectivity index (χ2v) is 8.14. The molecule has 1 amide bonds. The van der Waals surface area contributed by atoms with Crippen LogP contribution < -0.4 is 10.0 Å². The Hall–Kier alpha value is -3.17. The van der Waals surface area contributed by atoms with Gasteiger partial charge in [-0.1, -0.05) is 30.3 Å². The summed E-state index contributed by atoms with van der Waals surface area (Å²) in [7, 11) is -4.20. The third-order valence-corrected chi connectivity index (χ3v) is 5.69. The van der Waals surface area contributed by atoms with Crippen LogP contribution in [0.15, 0.2) is 77.7 Å². The number of nitrogens with one attached hydrogen (secondary N) is 2. The van der Waals surface area contributed by atoms with E-state index in [4.69, 9.17) is 0 Å². The van der Waals surface area contributed by atoms with Gasteiger partial charge in [0, 0.05) is 6.07 Å². The lowest BCUT2D eigenvalue weighted by molar-refractivity contribution is -0.117. The molecule has 3 rings (SSSR count). The molecule has 2 N–H and O–H groups in total. The summed E-state index contributed by atoms with van der Waals surface area (Å²) in [5, 5.41) is 2.21. The van der Waals surface area contributed by atoms with Crippen LogP contribution in [0.25, 0.3) is 0 Å². The summed E-state index contributed by atoms with van der Waals surface area (Å²) in [6.07, 6.45) is -0.0516. The summed E-state index contributed by atoms with van der Waals surface area (Å²) < 4.78 is 68.0. The number of hydrogen-bond donors (Lipinski definition) is 2. The Balaban J connectivity index is 1.88. The molecule has 0 fully saturated rings. The fourth-order valence-corrected chi connectivity index (χ4v) is 3.92. The standard InChI is InChI=1S/C21H17F3N2O3S/c22-15-6-9-17(10-7-15)30(28,29)26-20(12-14-4-2-1-3-5-14)21(27)25-19-13-16(23)8-11-18(19)24/h1-11,13,20,26H,12H2,(H,25,27)/t20-/m0/s1. The molecule has 0 radical (unpaired) electrons. The highest BCUT2D eigenvalue weighted by atomic mass is 32.2. The summed E-state index contributed by atoms with van der Waals surface area (Å²) in [4.78, 5) is 12.5. The van der Waals surface area contributed by atoms with Crippen LogP contribution in [0.1, 0.15) is 5.56 Å². The predicted molar refractivity (Wildman–Crippen MR) is 106 cm³/mol. The molecule has 0 aromatic heterocycles. The van der Waals surface area contributed by atoms with Gasteiger partial charge >= 0.3 is 0 Å². The van der Waals surface area contributed by atoms with Gasteiger partial charge in [-0.3, -0.25) is 4.79 Å². The van der Waals surface area contributed by atoms with Crippen LogP contribution >= 0.6 is 0 Å². The molecule has 0 saturated carbocycles. The molecule has 0 unspecified atom stereocenters. The van der Waals surface area contributed by atoms with E-state index in [0.717, 1.165) is 42.5 Å². The zero-order valence-electron chi connectivity index (χ0n) is 15.5. The third kappa shape index (κ3) is 5.46. The second kappa shape index (κ2) is 9.10. The molecule has 30 heavy (non-hydrogen) atoms. The lowest BCUT2D eigenvalue weighted by Gasteiger charge is -2.19. The van der Waals surface area contributed by atoms with Gasteiger partial charge in [-0.05, 0) is 48.4 Å². The fraction of sp³-hybridized carbons (Fsp3) is 0.0952. The second-order valence-electron chi connectivity index (χ2n) is 6.43. The molecule has 1 atom stereocenters. The maximum Gasteiger partial charge on any atom is 0.242 e. The maximum absolute atomic E-state index is 13.9. The highest BCUT2D eigenvalue weighted by Gasteiger charge is 2.27. The number of halogens is 3. The van der Waals surface area contributed by atoms with E-state index in [-0.39, 0.29) is 11.3 Å². The van der Waals surface area contributed by atoms with E-state index >= 15 is 0 Å². The molecule has 0 aliphatic carbocycles. The van der Waals surface area contributed by atoms with E-state index in [1.165, 1.54) is 0 Å². The Morgan fingerprint density at radius 3 is 2.17 bits per heavy atom. The van der Waals surface area contributed by atoms with Crippen LogP contribution in [0.5, 0.6) is 0 Å². The van der Waals surface area contributed by atoms with Crippen LogP contribution in [0, 0.1) is 17.5 Å². The SMILES string of the molecule is O=C(Nc1cc(F)ccc1F)[C@H](Cc1ccccc1)NS(=O)(=O)c1ccc(F)cc1. The van der Waals surface area contributed by atoms with Crippen molar-refractivity contribution in [2.45, 2.75) is 17.4 Å². The van der Waals surface area contributed by atoms with Gasteiger partial charge in [0.25, 0.3) is 0 Å². The van der Waals surface area contributed by atoms with E-state index in [9.17, 15) is 26.4 Å². The van der Waals surface area contributed by atoms with Crippen molar-refractivity contribution in [3.05, 3.63) is 95.8 Å². The molecule has 5 nitrogen and oxygen atoms in total. The zero-order valence-corrected chi connectivity index (χ0v) is 16.3. The van der Waals surface area contributed by atoms with Crippen molar-refractivity contribution in [2.75, 3.05) is 5.32 Å². The highest BCUT2D eigenvalue weighted by Crippen LogP contribution is 2.17. The Kier molecular flexibility index (Phi) is 6.53. The number of hydrogen-bond acceptors (Lipinski definition) is 3. The minimum Gasteiger partial charge on any atom is -0.322 e. The normalized spacial score (nSPS) is 12.4. The molecule has 0 aliphatic rings. The Bertz CT molecular complexity index is 1140. The van der Waals surface area contributed by atoms with E-state index in [1.54, 1.807) is 30.3 Å². The summed E-state index contributed by atoms with van der Waals surface area (Å²) in [6.45, 7) is 0. The Morgan fingerprint density at radius 2 is 1.50 bits per heavy atom. The number of anilines is 1. The van der Waals surface area contributed by atoms with Gasteiger partial charge in [-0.2, -0.15) is 4.72 Å². The minimum absolute atomic E-state index is 0.0516. The number of rotatable bonds is 7. The number of sulfonamides is 1. The Morgan fingerprint density at radius 1 is 0.867 bits per heavy atom. The van der Waals surface area contributed by atoms with Crippen molar-refractivity contribution >= 4 is 21.6 Å². The summed E-state index contributed by atoms with van der Waals surface area (Å²) >= 11 is 0. The van der Waals surface area contributed by atoms with Gasteiger partial charge < -0.3 is 5.32 Å². The van der Waals surface area contributed by atoms with Crippen molar-refractivity contribution in [1.29, 1.82) is 0 Å². The zero-order chi connectivity index (χ0) is 21.7. The molecule has 9 heteroatoms. The number of amides is 1. The van der Waals surface area contributed by atoms with Gasteiger partial charge in [0.05, 0.1) is 10.6 Å². The van der Waals surface area contributed by atoms with Crippen LogP contribution in [-0.2, 0) is 21.2 Å². The van der Waals surface area contributed by atoms with Crippen molar-refractivity contribution < 1.29 is 26.4 Å². The molecule has 0 spiro atoms. The van der Waals surface area contributed by atoms with Crippen molar-refractivity contribution in [2.24, 2.45) is 0 Å². The van der Waals surface area contributed by atoms with Gasteiger partial charge in [-0.25, -0.2) is 21.6 Å². The van der Waals surface area contributed by atoms with E-state index < -0.39 is 45.1 Å². The molecule has 3 aromatic carbocycles. The van der Waals surface area contributed by atoms with E-state index in [0.29, 0.717) is 5.56 Å². The lowest BCUT2D eigenvalue weighted by atomic mass is 10.1. The number of carbonyl (C=O) groups is 1. The molecule has 0 heterocycles. The fourth-order valence-electron chi connectivity index (χ4n) is 2.72. The molecule has 0 aliphatic heterocycles. The number of carbonyl (C=O) groups excluding carboxylic acids is 1.